The maximum Gasteiger partial charge on any atom is 0.203 e. The number of nitrogens with zero attached hydrogens (tertiary/aromatic N) is 3. The Bertz CT molecular complexity index is 850. The molecule has 0 amide bonds. The fraction of sp³-hybridized carbons (Fsp3) is 0.294. The fourth-order valence-corrected chi connectivity index (χ4v) is 3.72. The minimum Gasteiger partial charge on any atom is -0.315 e. The first-order valence-corrected chi connectivity index (χ1v) is 9.14. The monoisotopic (exact) mass is 363 g/mol. The van der Waals surface area contributed by atoms with Crippen molar-refractivity contribution in [2.45, 2.75) is 26.7 Å². The molecule has 0 spiro atoms. The zero-order valence-corrected chi connectivity index (χ0v) is 15.3. The van der Waals surface area contributed by atoms with Gasteiger partial charge in [-0.15, -0.1) is 16.4 Å². The van der Waals surface area contributed by atoms with Gasteiger partial charge in [0.05, 0.1) is 11.9 Å². The predicted octanol–water partition coefficient (Wildman–Crippen LogP) is 2.97. The number of aromatic nitrogens is 3. The molecule has 0 bridgehead atoms. The number of thiophene rings is 1. The second-order valence-corrected chi connectivity index (χ2v) is 7.06. The van der Waals surface area contributed by atoms with Crippen molar-refractivity contribution >= 4 is 23.6 Å². The number of hydrogen-bond donors (Lipinski definition) is 1. The van der Waals surface area contributed by atoms with Crippen LogP contribution < -0.4 is 4.90 Å². The Hall–Kier alpha value is -1.83. The molecule has 3 aromatic rings. The molecular formula is C17H20FN4S2+. The summed E-state index contributed by atoms with van der Waals surface area (Å²) in [5.41, 5.74) is 1.09. The van der Waals surface area contributed by atoms with Crippen LogP contribution in [0.2, 0.25) is 0 Å². The molecule has 0 saturated heterocycles. The normalized spacial score (nSPS) is 12.5. The Kier molecular flexibility index (Phi) is 5.23. The molecular weight excluding hydrogens is 343 g/mol. The van der Waals surface area contributed by atoms with Gasteiger partial charge in [0.15, 0.2) is 12.5 Å². The van der Waals surface area contributed by atoms with Crippen LogP contribution >= 0.6 is 23.6 Å². The van der Waals surface area contributed by atoms with Crippen LogP contribution in [0.1, 0.15) is 12.5 Å². The lowest BCUT2D eigenvalue weighted by Gasteiger charge is -2.13. The molecule has 7 heteroatoms. The Morgan fingerprint density at radius 1 is 1.25 bits per heavy atom. The highest BCUT2D eigenvalue weighted by Gasteiger charge is 2.15. The Morgan fingerprint density at radius 3 is 2.62 bits per heavy atom. The molecule has 0 aliphatic rings. The third kappa shape index (κ3) is 3.63. The van der Waals surface area contributed by atoms with Crippen molar-refractivity contribution in [1.29, 1.82) is 0 Å². The van der Waals surface area contributed by atoms with E-state index in [1.54, 1.807) is 11.3 Å². The zero-order valence-electron chi connectivity index (χ0n) is 13.7. The molecule has 1 aromatic carbocycles. The second kappa shape index (κ2) is 7.38. The highest BCUT2D eigenvalue weighted by Crippen LogP contribution is 2.23. The van der Waals surface area contributed by atoms with Crippen molar-refractivity contribution in [3.63, 3.8) is 0 Å². The SMILES string of the molecule is CCn1c(-c2cccs2)nn(C[NH+](C)Cc2ccc(F)cc2)c1=S. The smallest absolute Gasteiger partial charge is 0.203 e. The molecule has 0 aliphatic carbocycles. The molecule has 0 saturated carbocycles. The molecule has 0 fully saturated rings. The summed E-state index contributed by atoms with van der Waals surface area (Å²) in [6.45, 7) is 4.33. The van der Waals surface area contributed by atoms with E-state index in [2.05, 4.69) is 24.6 Å². The predicted molar refractivity (Wildman–Crippen MR) is 97.0 cm³/mol. The van der Waals surface area contributed by atoms with Gasteiger partial charge in [0.2, 0.25) is 4.77 Å². The molecule has 1 unspecified atom stereocenters. The molecule has 1 N–H and O–H groups in total. The Balaban J connectivity index is 1.79. The van der Waals surface area contributed by atoms with Crippen LogP contribution in [0.4, 0.5) is 4.39 Å². The third-order valence-electron chi connectivity index (χ3n) is 3.82. The maximum atomic E-state index is 13.0. The van der Waals surface area contributed by atoms with E-state index in [-0.39, 0.29) is 5.82 Å². The average Bonchev–Trinajstić information content (AvgIpc) is 3.18. The van der Waals surface area contributed by atoms with Crippen molar-refractivity contribution < 1.29 is 9.29 Å². The number of quaternary nitrogens is 1. The van der Waals surface area contributed by atoms with E-state index in [9.17, 15) is 4.39 Å². The lowest BCUT2D eigenvalue weighted by Crippen LogP contribution is -3.07. The standard InChI is InChI=1S/C17H19FN4S2/c1-3-21-16(15-5-4-10-24-15)19-22(17(21)23)12-20(2)11-13-6-8-14(18)9-7-13/h4-10H,3,11-12H2,1-2H3/p+1. The summed E-state index contributed by atoms with van der Waals surface area (Å²) in [6, 6.07) is 10.7. The number of benzene rings is 1. The van der Waals surface area contributed by atoms with E-state index in [1.165, 1.54) is 17.0 Å². The number of halogens is 1. The van der Waals surface area contributed by atoms with Crippen LogP contribution in [0, 0.1) is 10.6 Å². The van der Waals surface area contributed by atoms with Gasteiger partial charge < -0.3 is 4.90 Å². The molecule has 1 atom stereocenters. The van der Waals surface area contributed by atoms with Gasteiger partial charge in [0, 0.05) is 12.1 Å². The van der Waals surface area contributed by atoms with Gasteiger partial charge in [-0.05, 0) is 42.7 Å². The van der Waals surface area contributed by atoms with Crippen molar-refractivity contribution in [2.24, 2.45) is 0 Å². The summed E-state index contributed by atoms with van der Waals surface area (Å²) in [7, 11) is 2.08. The van der Waals surface area contributed by atoms with Crippen LogP contribution in [0.5, 0.6) is 0 Å². The first-order chi connectivity index (χ1) is 11.6. The first kappa shape index (κ1) is 17.0. The minimum absolute atomic E-state index is 0.207. The Labute approximate surface area is 149 Å². The van der Waals surface area contributed by atoms with Crippen molar-refractivity contribution in [3.05, 3.63) is 57.9 Å². The molecule has 0 aliphatic heterocycles. The lowest BCUT2D eigenvalue weighted by molar-refractivity contribution is -0.917. The summed E-state index contributed by atoms with van der Waals surface area (Å²) in [6.07, 6.45) is 0. The first-order valence-electron chi connectivity index (χ1n) is 7.85. The maximum absolute atomic E-state index is 13.0. The van der Waals surface area contributed by atoms with E-state index in [1.807, 2.05) is 28.3 Å². The molecule has 3 rings (SSSR count). The Morgan fingerprint density at radius 2 is 2.00 bits per heavy atom. The molecule has 24 heavy (non-hydrogen) atoms. The third-order valence-corrected chi connectivity index (χ3v) is 5.12. The molecule has 126 valence electrons. The van der Waals surface area contributed by atoms with E-state index >= 15 is 0 Å². The number of nitrogens with one attached hydrogen (secondary N) is 1. The van der Waals surface area contributed by atoms with Gasteiger partial charge in [-0.1, -0.05) is 18.2 Å². The quantitative estimate of drug-likeness (QED) is 0.682. The van der Waals surface area contributed by atoms with Crippen LogP contribution in [-0.2, 0) is 19.8 Å². The highest BCUT2D eigenvalue weighted by molar-refractivity contribution is 7.71. The van der Waals surface area contributed by atoms with Gasteiger partial charge in [-0.3, -0.25) is 4.57 Å². The van der Waals surface area contributed by atoms with Gasteiger partial charge in [0.1, 0.15) is 12.4 Å². The van der Waals surface area contributed by atoms with Gasteiger partial charge in [-0.2, -0.15) is 4.68 Å². The average molecular weight is 364 g/mol. The van der Waals surface area contributed by atoms with Crippen molar-refractivity contribution in [2.75, 3.05) is 7.05 Å². The summed E-state index contributed by atoms with van der Waals surface area (Å²) < 4.78 is 17.7. The minimum atomic E-state index is -0.207. The van der Waals surface area contributed by atoms with Gasteiger partial charge in [0.25, 0.3) is 0 Å². The summed E-state index contributed by atoms with van der Waals surface area (Å²) in [5, 5.41) is 6.77. The number of rotatable bonds is 6. The van der Waals surface area contributed by atoms with E-state index in [0.717, 1.165) is 34.1 Å². The van der Waals surface area contributed by atoms with E-state index in [0.29, 0.717) is 6.67 Å². The van der Waals surface area contributed by atoms with Crippen molar-refractivity contribution in [3.8, 4) is 10.7 Å². The van der Waals surface area contributed by atoms with Gasteiger partial charge >= 0.3 is 0 Å². The molecule has 2 aromatic heterocycles. The van der Waals surface area contributed by atoms with Gasteiger partial charge in [-0.25, -0.2) is 4.39 Å². The largest absolute Gasteiger partial charge is 0.315 e. The van der Waals surface area contributed by atoms with Crippen LogP contribution in [0.3, 0.4) is 0 Å². The summed E-state index contributed by atoms with van der Waals surface area (Å²) >= 11 is 7.26. The lowest BCUT2D eigenvalue weighted by atomic mass is 10.2. The van der Waals surface area contributed by atoms with Crippen LogP contribution in [0.15, 0.2) is 41.8 Å². The fourth-order valence-electron chi connectivity index (χ4n) is 2.68. The summed E-state index contributed by atoms with van der Waals surface area (Å²) in [5.74, 6) is 0.716. The van der Waals surface area contributed by atoms with E-state index in [4.69, 9.17) is 17.3 Å². The van der Waals surface area contributed by atoms with Crippen molar-refractivity contribution in [1.82, 2.24) is 14.3 Å². The number of hydrogen-bond acceptors (Lipinski definition) is 3. The molecule has 4 nitrogen and oxygen atoms in total. The molecule has 0 radical (unpaired) electrons. The zero-order chi connectivity index (χ0) is 17.1. The highest BCUT2D eigenvalue weighted by atomic mass is 32.1. The summed E-state index contributed by atoms with van der Waals surface area (Å²) in [4.78, 5) is 2.36. The van der Waals surface area contributed by atoms with E-state index < -0.39 is 0 Å². The topological polar surface area (TPSA) is 27.2 Å². The van der Waals surface area contributed by atoms with Crippen LogP contribution in [0.25, 0.3) is 10.7 Å². The second-order valence-electron chi connectivity index (χ2n) is 5.75. The molecule has 2 heterocycles. The van der Waals surface area contributed by atoms with Crippen LogP contribution in [-0.4, -0.2) is 21.4 Å².